The van der Waals surface area contributed by atoms with Crippen LogP contribution in [0.4, 0.5) is 8.78 Å². The summed E-state index contributed by atoms with van der Waals surface area (Å²) in [7, 11) is 0. The number of halogens is 2. The second-order valence-corrected chi connectivity index (χ2v) is 9.20. The van der Waals surface area contributed by atoms with Crippen molar-refractivity contribution in [3.63, 3.8) is 0 Å². The molecule has 1 heterocycles. The fourth-order valence-corrected chi connectivity index (χ4v) is 5.06. The van der Waals surface area contributed by atoms with Crippen molar-refractivity contribution < 1.29 is 18.4 Å². The van der Waals surface area contributed by atoms with Crippen LogP contribution < -0.4 is 0 Å². The average Bonchev–Trinajstić information content (AvgIpc) is 2.98. The number of rotatable bonds is 1. The van der Waals surface area contributed by atoms with Gasteiger partial charge in [0.2, 0.25) is 5.91 Å². The lowest BCUT2D eigenvalue weighted by Crippen LogP contribution is -2.44. The molecule has 0 aromatic heterocycles. The zero-order chi connectivity index (χ0) is 20.2. The number of hydrogen-bond acceptors (Lipinski definition) is 3. The predicted octanol–water partition coefficient (Wildman–Crippen LogP) is 3.89. The standard InChI is InChI=1S/C21H26F2N2O2/c1-13-7-15(8-14(2)21(13,22)23)18(27)25-6-5-20(12-25)9-16(10-24)17(26)19(3,4)11-20/h9,14-15H,1,5-8,11-12H2,2-4H3/t14?,15?,20-/m0/s1. The maximum absolute atomic E-state index is 14.0. The molecular weight excluding hydrogens is 350 g/mol. The molecule has 4 nitrogen and oxygen atoms in total. The monoisotopic (exact) mass is 376 g/mol. The predicted molar refractivity (Wildman–Crippen MR) is 96.7 cm³/mol. The highest BCUT2D eigenvalue weighted by atomic mass is 19.3. The molecular formula is C21H26F2N2O2. The second kappa shape index (κ2) is 6.25. The minimum Gasteiger partial charge on any atom is -0.342 e. The molecule has 6 heteroatoms. The van der Waals surface area contributed by atoms with Gasteiger partial charge in [-0.25, -0.2) is 8.78 Å². The topological polar surface area (TPSA) is 61.2 Å². The first-order chi connectivity index (χ1) is 12.4. The molecule has 2 fully saturated rings. The molecule has 2 aliphatic carbocycles. The number of ketones is 1. The van der Waals surface area contributed by atoms with Crippen molar-refractivity contribution in [1.82, 2.24) is 4.90 Å². The van der Waals surface area contributed by atoms with E-state index in [2.05, 4.69) is 6.58 Å². The van der Waals surface area contributed by atoms with Crippen molar-refractivity contribution in [2.24, 2.45) is 22.7 Å². The maximum Gasteiger partial charge on any atom is 0.271 e. The Balaban J connectivity index is 1.78. The van der Waals surface area contributed by atoms with E-state index in [0.29, 0.717) is 25.9 Å². The molecule has 1 aliphatic heterocycles. The van der Waals surface area contributed by atoms with Gasteiger partial charge in [0.25, 0.3) is 5.92 Å². The summed E-state index contributed by atoms with van der Waals surface area (Å²) < 4.78 is 28.0. The smallest absolute Gasteiger partial charge is 0.271 e. The van der Waals surface area contributed by atoms with Gasteiger partial charge in [0.15, 0.2) is 5.78 Å². The summed E-state index contributed by atoms with van der Waals surface area (Å²) in [6.45, 7) is 9.59. The number of nitrogens with zero attached hydrogens (tertiary/aromatic N) is 2. The minimum absolute atomic E-state index is 0.0168. The summed E-state index contributed by atoms with van der Waals surface area (Å²) in [5, 5.41) is 9.32. The van der Waals surface area contributed by atoms with Gasteiger partial charge in [-0.15, -0.1) is 0 Å². The third-order valence-electron chi connectivity index (χ3n) is 6.49. The SMILES string of the molecule is C=C1CC(C(=O)N2CC[C@@]3(C=C(C#N)C(=O)C(C)(C)C3)C2)CC(C)C1(F)F. The van der Waals surface area contributed by atoms with Gasteiger partial charge in [0.05, 0.1) is 5.57 Å². The van der Waals surface area contributed by atoms with E-state index in [9.17, 15) is 23.6 Å². The second-order valence-electron chi connectivity index (χ2n) is 9.20. The lowest BCUT2D eigenvalue weighted by atomic mass is 9.64. The maximum atomic E-state index is 14.0. The number of carbonyl (C=O) groups excluding carboxylic acids is 2. The van der Waals surface area contributed by atoms with Crippen LogP contribution >= 0.6 is 0 Å². The van der Waals surface area contributed by atoms with Crippen LogP contribution in [0.25, 0.3) is 0 Å². The molecule has 0 aromatic carbocycles. The Morgan fingerprint density at radius 1 is 1.41 bits per heavy atom. The Kier molecular flexibility index (Phi) is 4.57. The summed E-state index contributed by atoms with van der Waals surface area (Å²) in [4.78, 5) is 27.1. The molecule has 1 spiro atoms. The van der Waals surface area contributed by atoms with Gasteiger partial charge >= 0.3 is 0 Å². The molecule has 3 atom stereocenters. The Bertz CT molecular complexity index is 778. The molecule has 0 aromatic rings. The van der Waals surface area contributed by atoms with Crippen molar-refractivity contribution in [1.29, 1.82) is 5.26 Å². The fraction of sp³-hybridized carbons (Fsp3) is 0.667. The zero-order valence-electron chi connectivity index (χ0n) is 16.1. The third kappa shape index (κ3) is 3.22. The summed E-state index contributed by atoms with van der Waals surface area (Å²) in [5.74, 6) is -4.56. The van der Waals surface area contributed by atoms with E-state index in [1.165, 1.54) is 6.92 Å². The number of allylic oxidation sites excluding steroid dienone is 2. The van der Waals surface area contributed by atoms with Crippen LogP contribution in [0.1, 0.15) is 46.5 Å². The molecule has 27 heavy (non-hydrogen) atoms. The zero-order valence-corrected chi connectivity index (χ0v) is 16.1. The van der Waals surface area contributed by atoms with Crippen LogP contribution in [-0.2, 0) is 9.59 Å². The van der Waals surface area contributed by atoms with E-state index in [1.54, 1.807) is 11.0 Å². The number of carbonyl (C=O) groups is 2. The number of nitriles is 1. The largest absolute Gasteiger partial charge is 0.342 e. The lowest BCUT2D eigenvalue weighted by Gasteiger charge is -2.39. The molecule has 1 amide bonds. The third-order valence-corrected chi connectivity index (χ3v) is 6.49. The van der Waals surface area contributed by atoms with E-state index >= 15 is 0 Å². The van der Waals surface area contributed by atoms with Crippen molar-refractivity contribution >= 4 is 11.7 Å². The highest BCUT2D eigenvalue weighted by Crippen LogP contribution is 2.49. The van der Waals surface area contributed by atoms with E-state index in [0.717, 1.165) is 0 Å². The Hall–Kier alpha value is -2.03. The minimum atomic E-state index is -2.92. The summed E-state index contributed by atoms with van der Waals surface area (Å²) >= 11 is 0. The molecule has 1 saturated heterocycles. The Morgan fingerprint density at radius 2 is 2.07 bits per heavy atom. The van der Waals surface area contributed by atoms with E-state index in [-0.39, 0.29) is 41.1 Å². The van der Waals surface area contributed by atoms with E-state index in [4.69, 9.17) is 0 Å². The molecule has 2 unspecified atom stereocenters. The van der Waals surface area contributed by atoms with E-state index in [1.807, 2.05) is 19.9 Å². The van der Waals surface area contributed by atoms with Crippen LogP contribution in [-0.4, -0.2) is 35.6 Å². The van der Waals surface area contributed by atoms with E-state index < -0.39 is 23.2 Å². The number of amides is 1. The van der Waals surface area contributed by atoms with Crippen LogP contribution in [0.2, 0.25) is 0 Å². The van der Waals surface area contributed by atoms with Gasteiger partial charge in [0, 0.05) is 35.8 Å². The van der Waals surface area contributed by atoms with Gasteiger partial charge < -0.3 is 4.90 Å². The first-order valence-electron chi connectivity index (χ1n) is 9.44. The van der Waals surface area contributed by atoms with Gasteiger partial charge in [-0.1, -0.05) is 33.4 Å². The van der Waals surface area contributed by atoms with Gasteiger partial charge in [-0.2, -0.15) is 5.26 Å². The summed E-state index contributed by atoms with van der Waals surface area (Å²) in [6, 6.07) is 2.00. The summed E-state index contributed by atoms with van der Waals surface area (Å²) in [5.41, 5.74) is -1.03. The molecule has 0 radical (unpaired) electrons. The number of alkyl halides is 2. The highest BCUT2D eigenvalue weighted by molar-refractivity contribution is 6.03. The fourth-order valence-electron chi connectivity index (χ4n) is 5.06. The Labute approximate surface area is 158 Å². The van der Waals surface area contributed by atoms with Crippen molar-refractivity contribution in [3.8, 4) is 6.07 Å². The van der Waals surface area contributed by atoms with Crippen molar-refractivity contribution in [3.05, 3.63) is 23.8 Å². The average molecular weight is 376 g/mol. The van der Waals surface area contributed by atoms with Gasteiger partial charge in [-0.3, -0.25) is 9.59 Å². The number of hydrogen-bond donors (Lipinski definition) is 0. The number of likely N-dealkylation sites (tertiary alicyclic amines) is 1. The van der Waals surface area contributed by atoms with Crippen LogP contribution in [0.5, 0.6) is 0 Å². The quantitative estimate of drug-likeness (QED) is 0.652. The molecule has 1 saturated carbocycles. The van der Waals surface area contributed by atoms with Crippen molar-refractivity contribution in [2.45, 2.75) is 52.4 Å². The highest BCUT2D eigenvalue weighted by Gasteiger charge is 2.51. The molecule has 0 bridgehead atoms. The van der Waals surface area contributed by atoms with Crippen LogP contribution in [0.3, 0.4) is 0 Å². The number of Topliss-reactive ketones (excluding diaryl/α,β-unsaturated/α-hetero) is 1. The molecule has 0 N–H and O–H groups in total. The first kappa shape index (κ1) is 19.7. The van der Waals surface area contributed by atoms with Gasteiger partial charge in [0.1, 0.15) is 6.07 Å². The first-order valence-corrected chi connectivity index (χ1v) is 9.44. The van der Waals surface area contributed by atoms with Crippen LogP contribution in [0.15, 0.2) is 23.8 Å². The summed E-state index contributed by atoms with van der Waals surface area (Å²) in [6.07, 6.45) is 3.17. The van der Waals surface area contributed by atoms with Gasteiger partial charge in [-0.05, 0) is 31.3 Å². The molecule has 146 valence electrons. The Morgan fingerprint density at radius 3 is 2.67 bits per heavy atom. The molecule has 3 rings (SSSR count). The molecule has 3 aliphatic rings. The normalized spacial score (nSPS) is 35.1. The lowest BCUT2D eigenvalue weighted by molar-refractivity contribution is -0.138. The van der Waals surface area contributed by atoms with Crippen LogP contribution in [0, 0.1) is 34.0 Å². The van der Waals surface area contributed by atoms with Crippen molar-refractivity contribution in [2.75, 3.05) is 13.1 Å².